The molecule has 5 heteroatoms. The van der Waals surface area contributed by atoms with Crippen LogP contribution in [0.1, 0.15) is 48.5 Å². The molecule has 1 fully saturated rings. The van der Waals surface area contributed by atoms with Crippen LogP contribution in [0.3, 0.4) is 0 Å². The fraction of sp³-hybridized carbons (Fsp3) is 0.600. The van der Waals surface area contributed by atoms with E-state index in [-0.39, 0.29) is 5.54 Å². The summed E-state index contributed by atoms with van der Waals surface area (Å²) < 4.78 is 1.92. The first-order valence-corrected chi connectivity index (χ1v) is 8.15. The number of nitrogens with zero attached hydrogens (tertiary/aromatic N) is 3. The summed E-state index contributed by atoms with van der Waals surface area (Å²) in [5, 5.41) is 7.70. The van der Waals surface area contributed by atoms with Crippen molar-refractivity contribution in [3.8, 4) is 11.3 Å². The smallest absolute Gasteiger partial charge is 0.113 e. The molecule has 2 aromatic rings. The molecule has 0 amide bonds. The van der Waals surface area contributed by atoms with E-state index in [9.17, 15) is 0 Å². The summed E-state index contributed by atoms with van der Waals surface area (Å²) in [5.74, 6) is 0. The number of aryl methyl sites for hydroxylation is 2. The molecule has 0 aromatic carbocycles. The highest BCUT2D eigenvalue weighted by Crippen LogP contribution is 2.38. The maximum Gasteiger partial charge on any atom is 0.113 e. The van der Waals surface area contributed by atoms with Gasteiger partial charge in [-0.3, -0.25) is 4.68 Å². The summed E-state index contributed by atoms with van der Waals surface area (Å²) in [7, 11) is 1.98. The summed E-state index contributed by atoms with van der Waals surface area (Å²) in [4.78, 5) is 4.85. The van der Waals surface area contributed by atoms with E-state index in [1.54, 1.807) is 11.3 Å². The van der Waals surface area contributed by atoms with Gasteiger partial charge in [-0.1, -0.05) is 19.3 Å². The van der Waals surface area contributed by atoms with Gasteiger partial charge < -0.3 is 5.73 Å². The number of nitrogens with two attached hydrogens (primary N) is 1. The number of rotatable bonds is 2. The van der Waals surface area contributed by atoms with E-state index in [0.717, 1.165) is 40.5 Å². The van der Waals surface area contributed by atoms with Crippen LogP contribution in [0.25, 0.3) is 11.3 Å². The predicted molar refractivity (Wildman–Crippen MR) is 82.7 cm³/mol. The fourth-order valence-corrected chi connectivity index (χ4v) is 4.14. The molecule has 0 spiro atoms. The zero-order valence-corrected chi connectivity index (χ0v) is 13.3. The topological polar surface area (TPSA) is 56.7 Å². The zero-order chi connectivity index (χ0) is 14.3. The van der Waals surface area contributed by atoms with Crippen LogP contribution >= 0.6 is 11.3 Å². The van der Waals surface area contributed by atoms with Gasteiger partial charge in [-0.05, 0) is 26.7 Å². The Morgan fingerprint density at radius 1 is 1.25 bits per heavy atom. The van der Waals surface area contributed by atoms with Crippen LogP contribution in [-0.4, -0.2) is 14.8 Å². The molecule has 0 atom stereocenters. The molecule has 3 rings (SSSR count). The Bertz CT molecular complexity index is 620. The number of aromatic nitrogens is 3. The molecule has 0 saturated heterocycles. The molecule has 2 N–H and O–H groups in total. The van der Waals surface area contributed by atoms with Gasteiger partial charge in [0, 0.05) is 23.7 Å². The molecule has 20 heavy (non-hydrogen) atoms. The summed E-state index contributed by atoms with van der Waals surface area (Å²) in [6.45, 7) is 4.13. The first-order chi connectivity index (χ1) is 9.51. The Morgan fingerprint density at radius 2 is 1.95 bits per heavy atom. The van der Waals surface area contributed by atoms with Gasteiger partial charge in [0.1, 0.15) is 5.01 Å². The standard InChI is InChI=1S/C15H22N4S/c1-10-13(11(2)19(3)18-10)12-9-20-14(17-12)15(16)7-5-4-6-8-15/h9H,4-8,16H2,1-3H3. The first kappa shape index (κ1) is 13.8. The molecule has 0 unspecified atom stereocenters. The van der Waals surface area contributed by atoms with E-state index in [2.05, 4.69) is 17.4 Å². The minimum Gasteiger partial charge on any atom is -0.319 e. The van der Waals surface area contributed by atoms with Crippen molar-refractivity contribution in [2.45, 2.75) is 51.5 Å². The summed E-state index contributed by atoms with van der Waals surface area (Å²) in [5.41, 5.74) is 10.8. The van der Waals surface area contributed by atoms with Crippen LogP contribution in [0.5, 0.6) is 0 Å². The molecular weight excluding hydrogens is 268 g/mol. The second-order valence-corrected chi connectivity index (χ2v) is 6.78. The average Bonchev–Trinajstić information content (AvgIpc) is 2.97. The van der Waals surface area contributed by atoms with Gasteiger partial charge >= 0.3 is 0 Å². The normalized spacial score (nSPS) is 18.4. The molecule has 1 aliphatic carbocycles. The van der Waals surface area contributed by atoms with Gasteiger partial charge in [0.15, 0.2) is 0 Å². The van der Waals surface area contributed by atoms with Gasteiger partial charge in [0.25, 0.3) is 0 Å². The first-order valence-electron chi connectivity index (χ1n) is 7.27. The number of thiazole rings is 1. The highest BCUT2D eigenvalue weighted by Gasteiger charge is 2.32. The SMILES string of the molecule is Cc1nn(C)c(C)c1-c1csc(C2(N)CCCCC2)n1. The summed E-state index contributed by atoms with van der Waals surface area (Å²) >= 11 is 1.70. The lowest BCUT2D eigenvalue weighted by Crippen LogP contribution is -2.38. The molecule has 4 nitrogen and oxygen atoms in total. The van der Waals surface area contributed by atoms with Crippen LogP contribution < -0.4 is 5.73 Å². The van der Waals surface area contributed by atoms with Crippen molar-refractivity contribution in [2.24, 2.45) is 12.8 Å². The molecule has 0 bridgehead atoms. The van der Waals surface area contributed by atoms with Crippen molar-refractivity contribution in [2.75, 3.05) is 0 Å². The Balaban J connectivity index is 1.98. The average molecular weight is 290 g/mol. The Hall–Kier alpha value is -1.20. The lowest BCUT2D eigenvalue weighted by molar-refractivity contribution is 0.301. The van der Waals surface area contributed by atoms with Gasteiger partial charge in [0.2, 0.25) is 0 Å². The molecule has 0 radical (unpaired) electrons. The van der Waals surface area contributed by atoms with E-state index < -0.39 is 0 Å². The van der Waals surface area contributed by atoms with Crippen molar-refractivity contribution in [1.82, 2.24) is 14.8 Å². The van der Waals surface area contributed by atoms with E-state index in [1.807, 2.05) is 18.7 Å². The van der Waals surface area contributed by atoms with Crippen molar-refractivity contribution in [1.29, 1.82) is 0 Å². The molecule has 108 valence electrons. The summed E-state index contributed by atoms with van der Waals surface area (Å²) in [6, 6.07) is 0. The highest BCUT2D eigenvalue weighted by atomic mass is 32.1. The third kappa shape index (κ3) is 2.19. The Labute approximate surface area is 124 Å². The Morgan fingerprint density at radius 3 is 2.55 bits per heavy atom. The third-order valence-corrected chi connectivity index (χ3v) is 5.50. The monoisotopic (exact) mass is 290 g/mol. The van der Waals surface area contributed by atoms with Crippen LogP contribution in [0.2, 0.25) is 0 Å². The maximum absolute atomic E-state index is 6.58. The number of hydrogen-bond donors (Lipinski definition) is 1. The lowest BCUT2D eigenvalue weighted by Gasteiger charge is -2.31. The summed E-state index contributed by atoms with van der Waals surface area (Å²) in [6.07, 6.45) is 5.86. The van der Waals surface area contributed by atoms with Crippen molar-refractivity contribution in [3.05, 3.63) is 21.8 Å². The van der Waals surface area contributed by atoms with Crippen molar-refractivity contribution >= 4 is 11.3 Å². The molecule has 1 aliphatic rings. The Kier molecular flexibility index (Phi) is 3.42. The van der Waals surface area contributed by atoms with E-state index in [1.165, 1.54) is 19.3 Å². The molecule has 2 aromatic heterocycles. The van der Waals surface area contributed by atoms with Crippen molar-refractivity contribution < 1.29 is 0 Å². The highest BCUT2D eigenvalue weighted by molar-refractivity contribution is 7.10. The van der Waals surface area contributed by atoms with Crippen molar-refractivity contribution in [3.63, 3.8) is 0 Å². The number of hydrogen-bond acceptors (Lipinski definition) is 4. The van der Waals surface area contributed by atoms with Crippen LogP contribution in [0, 0.1) is 13.8 Å². The zero-order valence-electron chi connectivity index (χ0n) is 12.4. The second kappa shape index (κ2) is 4.97. The van der Waals surface area contributed by atoms with Crippen LogP contribution in [0.15, 0.2) is 5.38 Å². The van der Waals surface area contributed by atoms with E-state index in [4.69, 9.17) is 10.7 Å². The van der Waals surface area contributed by atoms with Crippen LogP contribution in [-0.2, 0) is 12.6 Å². The molecule has 2 heterocycles. The minimum absolute atomic E-state index is 0.203. The molecule has 1 saturated carbocycles. The lowest BCUT2D eigenvalue weighted by atomic mass is 9.83. The largest absolute Gasteiger partial charge is 0.319 e. The predicted octanol–water partition coefficient (Wildman–Crippen LogP) is 3.28. The van der Waals surface area contributed by atoms with E-state index in [0.29, 0.717) is 0 Å². The fourth-order valence-electron chi connectivity index (χ4n) is 3.16. The van der Waals surface area contributed by atoms with Gasteiger partial charge in [0.05, 0.1) is 16.9 Å². The third-order valence-electron chi connectivity index (χ3n) is 4.44. The van der Waals surface area contributed by atoms with Gasteiger partial charge in [-0.2, -0.15) is 5.10 Å². The maximum atomic E-state index is 6.58. The van der Waals surface area contributed by atoms with E-state index >= 15 is 0 Å². The second-order valence-electron chi connectivity index (χ2n) is 5.92. The molecular formula is C15H22N4S. The van der Waals surface area contributed by atoms with Crippen LogP contribution in [0.4, 0.5) is 0 Å². The van der Waals surface area contributed by atoms with Gasteiger partial charge in [-0.15, -0.1) is 11.3 Å². The minimum atomic E-state index is -0.203. The quantitative estimate of drug-likeness (QED) is 0.923. The van der Waals surface area contributed by atoms with Gasteiger partial charge in [-0.25, -0.2) is 4.98 Å². The molecule has 0 aliphatic heterocycles.